The van der Waals surface area contributed by atoms with Crippen molar-refractivity contribution in [1.82, 2.24) is 24.3 Å². The van der Waals surface area contributed by atoms with E-state index >= 15 is 0 Å². The summed E-state index contributed by atoms with van der Waals surface area (Å²) in [5.74, 6) is -0.509. The highest BCUT2D eigenvalue weighted by Gasteiger charge is 2.43. The van der Waals surface area contributed by atoms with E-state index in [-0.39, 0.29) is 36.2 Å². The van der Waals surface area contributed by atoms with Gasteiger partial charge in [-0.3, -0.25) is 33.7 Å². The maximum Gasteiger partial charge on any atom is 0.328 e. The lowest BCUT2D eigenvalue weighted by Gasteiger charge is -2.42. The first-order valence-electron chi connectivity index (χ1n) is 12.1. The van der Waals surface area contributed by atoms with Crippen LogP contribution in [0.4, 0.5) is 0 Å². The number of fused-ring (bicyclic) bond motifs is 1. The van der Waals surface area contributed by atoms with Crippen molar-refractivity contribution in [2.45, 2.75) is 31.5 Å². The number of primary amides is 1. The molecule has 3 amide bonds. The number of nitrogens with two attached hydrogens (primary N) is 1. The van der Waals surface area contributed by atoms with Crippen molar-refractivity contribution in [2.75, 3.05) is 19.6 Å². The van der Waals surface area contributed by atoms with Crippen molar-refractivity contribution < 1.29 is 19.1 Å². The molecule has 38 heavy (non-hydrogen) atoms. The van der Waals surface area contributed by atoms with Crippen LogP contribution in [-0.4, -0.2) is 67.3 Å². The molecule has 2 aliphatic rings. The van der Waals surface area contributed by atoms with E-state index in [2.05, 4.69) is 9.97 Å². The van der Waals surface area contributed by atoms with Gasteiger partial charge in [-0.05, 0) is 18.2 Å². The Hall–Kier alpha value is -4.74. The molecule has 1 aromatic carbocycles. The highest BCUT2D eigenvalue weighted by molar-refractivity contribution is 5.95. The van der Waals surface area contributed by atoms with Gasteiger partial charge in [0.2, 0.25) is 11.8 Å². The molecular weight excluding hydrogens is 492 g/mol. The van der Waals surface area contributed by atoms with Crippen LogP contribution in [0.5, 0.6) is 5.75 Å². The summed E-state index contributed by atoms with van der Waals surface area (Å²) in [5.41, 5.74) is 4.63. The summed E-state index contributed by atoms with van der Waals surface area (Å²) in [6, 6.07) is 11.7. The zero-order valence-electron chi connectivity index (χ0n) is 20.5. The molecule has 0 unspecified atom stereocenters. The second kappa shape index (κ2) is 9.96. The second-order valence-electron chi connectivity index (χ2n) is 9.47. The normalized spacial score (nSPS) is 16.3. The number of hydrogen-bond donors (Lipinski definition) is 2. The Bertz CT molecular complexity index is 1500. The number of ether oxygens (including phenoxy) is 1. The van der Waals surface area contributed by atoms with Crippen LogP contribution in [-0.2, 0) is 17.9 Å². The maximum atomic E-state index is 13.5. The molecule has 0 atom stereocenters. The number of aromatic amines is 1. The van der Waals surface area contributed by atoms with E-state index in [9.17, 15) is 24.0 Å². The molecule has 1 spiro atoms. The number of rotatable bonds is 4. The van der Waals surface area contributed by atoms with E-state index < -0.39 is 22.8 Å². The molecule has 2 aromatic heterocycles. The molecule has 4 heterocycles. The molecule has 0 radical (unpaired) electrons. The number of hydrogen-bond acceptors (Lipinski definition) is 7. The molecule has 5 rings (SSSR count). The summed E-state index contributed by atoms with van der Waals surface area (Å²) in [4.78, 5) is 70.7. The third-order valence-corrected chi connectivity index (χ3v) is 6.92. The van der Waals surface area contributed by atoms with E-state index in [1.54, 1.807) is 9.80 Å². The fourth-order valence-electron chi connectivity index (χ4n) is 4.82. The number of amides is 3. The number of carbonyl (C=O) groups excluding carboxylic acids is 3. The van der Waals surface area contributed by atoms with E-state index in [0.717, 1.165) is 10.1 Å². The highest BCUT2D eigenvalue weighted by Crippen LogP contribution is 2.36. The average Bonchev–Trinajstić information content (AvgIpc) is 3.07. The van der Waals surface area contributed by atoms with Crippen molar-refractivity contribution in [3.8, 4) is 5.75 Å². The van der Waals surface area contributed by atoms with Crippen molar-refractivity contribution >= 4 is 17.7 Å². The van der Waals surface area contributed by atoms with Gasteiger partial charge in [0.05, 0.1) is 12.1 Å². The number of para-hydroxylation sites is 1. The van der Waals surface area contributed by atoms with Crippen LogP contribution in [0, 0.1) is 0 Å². The van der Waals surface area contributed by atoms with Crippen LogP contribution in [0.25, 0.3) is 0 Å². The first kappa shape index (κ1) is 24.9. The summed E-state index contributed by atoms with van der Waals surface area (Å²) >= 11 is 0. The van der Waals surface area contributed by atoms with Gasteiger partial charge in [0, 0.05) is 56.5 Å². The number of nitrogens with one attached hydrogen (secondary N) is 1. The summed E-state index contributed by atoms with van der Waals surface area (Å²) in [5, 5.41) is 0. The maximum absolute atomic E-state index is 13.5. The standard InChI is InChI=1S/C26H26N6O6/c27-23(35)17-5-6-19(28-13-17)24(36)32-14-18-3-1-2-4-20(18)38-26(16-32)8-11-30(12-9-26)22(34)15-31-10-7-21(33)29-25(31)37/h1-7,10,13H,8-9,11-12,14-16H2,(H2,27,35)(H,29,33,37). The quantitative estimate of drug-likeness (QED) is 0.496. The molecule has 1 fully saturated rings. The molecular formula is C26H26N6O6. The number of H-pyrrole nitrogens is 1. The number of pyridine rings is 1. The summed E-state index contributed by atoms with van der Waals surface area (Å²) in [6.07, 6.45) is 3.51. The van der Waals surface area contributed by atoms with Crippen LogP contribution >= 0.6 is 0 Å². The summed E-state index contributed by atoms with van der Waals surface area (Å²) < 4.78 is 7.68. The molecule has 1 saturated heterocycles. The number of aromatic nitrogens is 3. The Labute approximate surface area is 216 Å². The topological polar surface area (TPSA) is 161 Å². The Morgan fingerprint density at radius 3 is 2.47 bits per heavy atom. The monoisotopic (exact) mass is 518 g/mol. The lowest BCUT2D eigenvalue weighted by molar-refractivity contribution is -0.135. The van der Waals surface area contributed by atoms with Gasteiger partial charge < -0.3 is 20.3 Å². The number of nitrogens with zero attached hydrogens (tertiary/aromatic N) is 4. The smallest absolute Gasteiger partial charge is 0.328 e. The van der Waals surface area contributed by atoms with Crippen molar-refractivity contribution in [1.29, 1.82) is 0 Å². The minimum Gasteiger partial charge on any atom is -0.485 e. The van der Waals surface area contributed by atoms with Gasteiger partial charge in [0.15, 0.2) is 0 Å². The Morgan fingerprint density at radius 2 is 1.79 bits per heavy atom. The first-order chi connectivity index (χ1) is 18.2. The predicted octanol–water partition coefficient (Wildman–Crippen LogP) is 0.127. The number of piperidine rings is 1. The minimum absolute atomic E-state index is 0.184. The Kier molecular flexibility index (Phi) is 6.53. The molecule has 0 bridgehead atoms. The fourth-order valence-corrected chi connectivity index (χ4v) is 4.82. The summed E-state index contributed by atoms with van der Waals surface area (Å²) in [6.45, 7) is 1.14. The molecule has 196 valence electrons. The fraction of sp³-hybridized carbons (Fsp3) is 0.308. The van der Waals surface area contributed by atoms with Gasteiger partial charge in [0.25, 0.3) is 11.5 Å². The molecule has 2 aliphatic heterocycles. The van der Waals surface area contributed by atoms with Gasteiger partial charge in [-0.25, -0.2) is 4.79 Å². The SMILES string of the molecule is NC(=O)c1ccc(C(=O)N2Cc3ccccc3OC3(CCN(C(=O)Cn4ccc(=O)[nH]c4=O)CC3)C2)nc1. The number of benzene rings is 1. The van der Waals surface area contributed by atoms with Gasteiger partial charge in [0.1, 0.15) is 23.6 Å². The van der Waals surface area contributed by atoms with E-state index in [0.29, 0.717) is 38.2 Å². The minimum atomic E-state index is -0.735. The van der Waals surface area contributed by atoms with Crippen LogP contribution < -0.4 is 21.7 Å². The van der Waals surface area contributed by atoms with Gasteiger partial charge in [-0.1, -0.05) is 18.2 Å². The van der Waals surface area contributed by atoms with Crippen molar-refractivity contribution in [3.05, 3.63) is 92.5 Å². The molecule has 12 heteroatoms. The zero-order valence-corrected chi connectivity index (χ0v) is 20.5. The second-order valence-corrected chi connectivity index (χ2v) is 9.47. The molecule has 0 aliphatic carbocycles. The molecule has 0 saturated carbocycles. The van der Waals surface area contributed by atoms with Gasteiger partial charge >= 0.3 is 5.69 Å². The van der Waals surface area contributed by atoms with E-state index in [4.69, 9.17) is 10.5 Å². The van der Waals surface area contributed by atoms with Crippen LogP contribution in [0.2, 0.25) is 0 Å². The Morgan fingerprint density at radius 1 is 1.03 bits per heavy atom. The molecule has 3 aromatic rings. The lowest BCUT2D eigenvalue weighted by atomic mass is 9.90. The van der Waals surface area contributed by atoms with E-state index in [1.807, 2.05) is 24.3 Å². The highest BCUT2D eigenvalue weighted by atomic mass is 16.5. The van der Waals surface area contributed by atoms with Gasteiger partial charge in [-0.15, -0.1) is 0 Å². The summed E-state index contributed by atoms with van der Waals surface area (Å²) in [7, 11) is 0. The number of carbonyl (C=O) groups is 3. The average molecular weight is 519 g/mol. The van der Waals surface area contributed by atoms with Crippen LogP contribution in [0.15, 0.2) is 64.4 Å². The molecule has 12 nitrogen and oxygen atoms in total. The Balaban J connectivity index is 1.34. The molecule has 3 N–H and O–H groups in total. The zero-order chi connectivity index (χ0) is 26.9. The number of likely N-dealkylation sites (tertiary alicyclic amines) is 1. The predicted molar refractivity (Wildman–Crippen MR) is 134 cm³/mol. The van der Waals surface area contributed by atoms with E-state index in [1.165, 1.54) is 30.6 Å². The van der Waals surface area contributed by atoms with Crippen molar-refractivity contribution in [3.63, 3.8) is 0 Å². The first-order valence-corrected chi connectivity index (χ1v) is 12.1. The third kappa shape index (κ3) is 5.05. The van der Waals surface area contributed by atoms with Crippen LogP contribution in [0.3, 0.4) is 0 Å². The van der Waals surface area contributed by atoms with Gasteiger partial charge in [-0.2, -0.15) is 0 Å². The van der Waals surface area contributed by atoms with Crippen LogP contribution in [0.1, 0.15) is 39.3 Å². The largest absolute Gasteiger partial charge is 0.485 e. The van der Waals surface area contributed by atoms with Crippen molar-refractivity contribution in [2.24, 2.45) is 5.73 Å². The third-order valence-electron chi connectivity index (χ3n) is 6.92. The lowest BCUT2D eigenvalue weighted by Crippen LogP contribution is -2.55.